The average Bonchev–Trinajstić information content (AvgIpc) is 3.42. The summed E-state index contributed by atoms with van der Waals surface area (Å²) in [6.45, 7) is 2.13. The molecule has 152 valence electrons. The number of nitrogens with one attached hydrogen (secondary N) is 1. The fraction of sp³-hybridized carbons (Fsp3) is 0.120. The zero-order valence-electron chi connectivity index (χ0n) is 16.8. The van der Waals surface area contributed by atoms with E-state index in [1.807, 2.05) is 79.7 Å². The Morgan fingerprint density at radius 2 is 1.77 bits per heavy atom. The van der Waals surface area contributed by atoms with E-state index in [1.54, 1.807) is 0 Å². The number of imidazole rings is 1. The molecule has 0 saturated carbocycles. The molecule has 0 radical (unpaired) electrons. The van der Waals surface area contributed by atoms with E-state index in [-0.39, 0.29) is 18.6 Å². The standard InChI is InChI=1S/C25H19N3O3/c1-15-22(24(29)16-7-3-2-4-8-16)23(17-11-12-20-21(13-17)31-14-30-20)28-19-10-6-5-9-18(19)27-25(28)26-15/h2-13,23H,14H2,1H3,(H,26,27)/t23-/m1/s1. The molecular formula is C25H19N3O3. The molecule has 0 aliphatic carbocycles. The maximum Gasteiger partial charge on any atom is 0.231 e. The van der Waals surface area contributed by atoms with Crippen molar-refractivity contribution < 1.29 is 14.3 Å². The lowest BCUT2D eigenvalue weighted by atomic mass is 9.89. The number of aromatic nitrogens is 2. The van der Waals surface area contributed by atoms with Gasteiger partial charge in [-0.05, 0) is 36.8 Å². The molecule has 0 unspecified atom stereocenters. The van der Waals surface area contributed by atoms with Gasteiger partial charge in [0.05, 0.1) is 17.1 Å². The number of benzene rings is 3. The van der Waals surface area contributed by atoms with Crippen molar-refractivity contribution in [1.29, 1.82) is 0 Å². The fourth-order valence-electron chi connectivity index (χ4n) is 4.40. The van der Waals surface area contributed by atoms with E-state index in [9.17, 15) is 4.79 Å². The first-order chi connectivity index (χ1) is 15.2. The van der Waals surface area contributed by atoms with E-state index in [1.165, 1.54) is 0 Å². The highest BCUT2D eigenvalue weighted by Crippen LogP contribution is 2.43. The third-order valence-corrected chi connectivity index (χ3v) is 5.82. The van der Waals surface area contributed by atoms with Crippen LogP contribution < -0.4 is 14.8 Å². The number of carbonyl (C=O) groups is 1. The number of nitrogens with zero attached hydrogens (tertiary/aromatic N) is 2. The molecule has 0 spiro atoms. The molecule has 0 bridgehead atoms. The van der Waals surface area contributed by atoms with Gasteiger partial charge in [-0.1, -0.05) is 48.5 Å². The zero-order chi connectivity index (χ0) is 20.9. The molecule has 0 fully saturated rings. The fourth-order valence-corrected chi connectivity index (χ4v) is 4.40. The van der Waals surface area contributed by atoms with Crippen LogP contribution in [0.1, 0.15) is 28.9 Å². The minimum absolute atomic E-state index is 0.0169. The van der Waals surface area contributed by atoms with Crippen LogP contribution >= 0.6 is 0 Å². The number of Topliss-reactive ketones (excluding diaryl/α,β-unsaturated/α-hetero) is 1. The Morgan fingerprint density at radius 3 is 2.65 bits per heavy atom. The predicted molar refractivity (Wildman–Crippen MR) is 118 cm³/mol. The van der Waals surface area contributed by atoms with Gasteiger partial charge in [0.25, 0.3) is 0 Å². The summed E-state index contributed by atoms with van der Waals surface area (Å²) in [5.74, 6) is 2.10. The first-order valence-corrected chi connectivity index (χ1v) is 10.1. The summed E-state index contributed by atoms with van der Waals surface area (Å²) < 4.78 is 13.2. The van der Waals surface area contributed by atoms with E-state index in [0.717, 1.165) is 22.3 Å². The van der Waals surface area contributed by atoms with Gasteiger partial charge in [0, 0.05) is 16.8 Å². The average molecular weight is 409 g/mol. The molecule has 31 heavy (non-hydrogen) atoms. The SMILES string of the molecule is CC1=C(C(=O)c2ccccc2)[C@@H](c2ccc3c(c2)OCO3)n2c(nc3ccccc32)N1. The van der Waals surface area contributed by atoms with Gasteiger partial charge >= 0.3 is 0 Å². The van der Waals surface area contributed by atoms with E-state index in [4.69, 9.17) is 14.5 Å². The third-order valence-electron chi connectivity index (χ3n) is 5.82. The van der Waals surface area contributed by atoms with Gasteiger partial charge in [-0.2, -0.15) is 0 Å². The number of ketones is 1. The zero-order valence-corrected chi connectivity index (χ0v) is 16.8. The van der Waals surface area contributed by atoms with Crippen molar-refractivity contribution in [2.45, 2.75) is 13.0 Å². The monoisotopic (exact) mass is 409 g/mol. The highest BCUT2D eigenvalue weighted by atomic mass is 16.7. The second kappa shape index (κ2) is 6.74. The molecule has 3 aromatic carbocycles. The smallest absolute Gasteiger partial charge is 0.231 e. The number of carbonyl (C=O) groups excluding carboxylic acids is 1. The second-order valence-corrected chi connectivity index (χ2v) is 7.67. The minimum atomic E-state index is -0.356. The summed E-state index contributed by atoms with van der Waals surface area (Å²) in [6.07, 6.45) is 0. The predicted octanol–water partition coefficient (Wildman–Crippen LogP) is 4.94. The van der Waals surface area contributed by atoms with Gasteiger partial charge in [0.1, 0.15) is 0 Å². The molecular weight excluding hydrogens is 390 g/mol. The Bertz CT molecular complexity index is 1370. The molecule has 2 aliphatic rings. The number of hydrogen-bond donors (Lipinski definition) is 1. The van der Waals surface area contributed by atoms with Crippen LogP contribution in [0.2, 0.25) is 0 Å². The summed E-state index contributed by atoms with van der Waals surface area (Å²) in [6, 6.07) is 22.8. The molecule has 6 rings (SSSR count). The normalized spacial score (nSPS) is 16.9. The largest absolute Gasteiger partial charge is 0.454 e. The summed E-state index contributed by atoms with van der Waals surface area (Å²) in [5, 5.41) is 3.36. The van der Waals surface area contributed by atoms with Crippen LogP contribution in [0.5, 0.6) is 11.5 Å². The highest BCUT2D eigenvalue weighted by Gasteiger charge is 2.35. The number of allylic oxidation sites excluding steroid dienone is 2. The molecule has 0 saturated heterocycles. The van der Waals surface area contributed by atoms with Crippen molar-refractivity contribution in [1.82, 2.24) is 9.55 Å². The number of para-hydroxylation sites is 2. The first kappa shape index (κ1) is 17.8. The number of rotatable bonds is 3. The first-order valence-electron chi connectivity index (χ1n) is 10.1. The van der Waals surface area contributed by atoms with Crippen molar-refractivity contribution in [2.24, 2.45) is 0 Å². The molecule has 4 aromatic rings. The van der Waals surface area contributed by atoms with Gasteiger partial charge in [-0.3, -0.25) is 9.36 Å². The lowest BCUT2D eigenvalue weighted by molar-refractivity contribution is 0.102. The number of anilines is 1. The van der Waals surface area contributed by atoms with Crippen molar-refractivity contribution in [2.75, 3.05) is 12.1 Å². The summed E-state index contributed by atoms with van der Waals surface area (Å²) >= 11 is 0. The quantitative estimate of drug-likeness (QED) is 0.486. The summed E-state index contributed by atoms with van der Waals surface area (Å²) in [4.78, 5) is 18.5. The van der Waals surface area contributed by atoms with Gasteiger partial charge < -0.3 is 14.8 Å². The van der Waals surface area contributed by atoms with Crippen LogP contribution in [0.4, 0.5) is 5.95 Å². The van der Waals surface area contributed by atoms with Gasteiger partial charge in [0.15, 0.2) is 17.3 Å². The Morgan fingerprint density at radius 1 is 1.00 bits per heavy atom. The maximum absolute atomic E-state index is 13.7. The summed E-state index contributed by atoms with van der Waals surface area (Å²) in [7, 11) is 0. The van der Waals surface area contributed by atoms with Gasteiger partial charge in [-0.15, -0.1) is 0 Å². The van der Waals surface area contributed by atoms with E-state index in [0.29, 0.717) is 28.6 Å². The van der Waals surface area contributed by atoms with Crippen LogP contribution in [0.25, 0.3) is 11.0 Å². The van der Waals surface area contributed by atoms with Crippen LogP contribution in [0, 0.1) is 0 Å². The Labute approximate surface area is 178 Å². The molecule has 1 N–H and O–H groups in total. The molecule has 6 nitrogen and oxygen atoms in total. The topological polar surface area (TPSA) is 65.4 Å². The van der Waals surface area contributed by atoms with E-state index in [2.05, 4.69) is 9.88 Å². The lowest BCUT2D eigenvalue weighted by Gasteiger charge is -2.31. The van der Waals surface area contributed by atoms with Crippen molar-refractivity contribution in [3.05, 3.63) is 95.2 Å². The maximum atomic E-state index is 13.7. The molecule has 2 aliphatic heterocycles. The Kier molecular flexibility index (Phi) is 3.86. The Hall–Kier alpha value is -4.06. The van der Waals surface area contributed by atoms with E-state index < -0.39 is 0 Å². The van der Waals surface area contributed by atoms with Crippen LogP contribution in [0.15, 0.2) is 84.1 Å². The van der Waals surface area contributed by atoms with Crippen LogP contribution in [0.3, 0.4) is 0 Å². The molecule has 6 heteroatoms. The van der Waals surface area contributed by atoms with Crippen molar-refractivity contribution in [3.8, 4) is 11.5 Å². The Balaban J connectivity index is 1.60. The van der Waals surface area contributed by atoms with E-state index >= 15 is 0 Å². The minimum Gasteiger partial charge on any atom is -0.454 e. The third kappa shape index (κ3) is 2.72. The number of hydrogen-bond acceptors (Lipinski definition) is 5. The molecule has 1 aromatic heterocycles. The molecule has 0 amide bonds. The molecule has 3 heterocycles. The van der Waals surface area contributed by atoms with Gasteiger partial charge in [-0.25, -0.2) is 4.98 Å². The highest BCUT2D eigenvalue weighted by molar-refractivity contribution is 6.11. The van der Waals surface area contributed by atoms with Crippen LogP contribution in [-0.2, 0) is 0 Å². The summed E-state index contributed by atoms with van der Waals surface area (Å²) in [5.41, 5.74) is 4.89. The molecule has 1 atom stereocenters. The lowest BCUT2D eigenvalue weighted by Crippen LogP contribution is -2.28. The number of ether oxygens (including phenoxy) is 2. The number of fused-ring (bicyclic) bond motifs is 4. The second-order valence-electron chi connectivity index (χ2n) is 7.67. The van der Waals surface area contributed by atoms with Gasteiger partial charge in [0.2, 0.25) is 12.7 Å². The van der Waals surface area contributed by atoms with Crippen molar-refractivity contribution >= 4 is 22.8 Å². The van der Waals surface area contributed by atoms with Crippen LogP contribution in [-0.4, -0.2) is 22.1 Å². The van der Waals surface area contributed by atoms with Crippen molar-refractivity contribution in [3.63, 3.8) is 0 Å².